The average Bonchev–Trinajstić information content (AvgIpc) is 2.75. The Hall–Kier alpha value is -0.360. The van der Waals surface area contributed by atoms with Crippen LogP contribution in [0.1, 0.15) is 38.4 Å². The lowest BCUT2D eigenvalue weighted by Gasteiger charge is -2.23. The summed E-state index contributed by atoms with van der Waals surface area (Å²) in [5, 5.41) is 3.04. The van der Waals surface area contributed by atoms with Gasteiger partial charge < -0.3 is 10.6 Å². The predicted octanol–water partition coefficient (Wildman–Crippen LogP) is 2.63. The summed E-state index contributed by atoms with van der Waals surface area (Å²) in [7, 11) is 1.79. The quantitative estimate of drug-likeness (QED) is 0.915. The molecular weight excluding hydrogens is 317 g/mol. The van der Waals surface area contributed by atoms with Crippen molar-refractivity contribution in [1.82, 2.24) is 9.88 Å². The Labute approximate surface area is 138 Å². The smallest absolute Gasteiger partial charge is 0.228 e. The second-order valence-electron chi connectivity index (χ2n) is 5.66. The molecule has 0 spiro atoms. The Morgan fingerprint density at radius 3 is 2.40 bits per heavy atom. The molecule has 1 heterocycles. The van der Waals surface area contributed by atoms with E-state index in [9.17, 15) is 4.79 Å². The van der Waals surface area contributed by atoms with Crippen LogP contribution < -0.4 is 5.73 Å². The summed E-state index contributed by atoms with van der Waals surface area (Å²) in [6, 6.07) is 0.0678. The third-order valence-corrected chi connectivity index (χ3v) is 4.24. The summed E-state index contributed by atoms with van der Waals surface area (Å²) in [6.45, 7) is 8.80. The van der Waals surface area contributed by atoms with Gasteiger partial charge in [-0.2, -0.15) is 0 Å². The van der Waals surface area contributed by atoms with Crippen LogP contribution in [0.15, 0.2) is 5.38 Å². The molecule has 0 radical (unpaired) electrons. The number of hydrogen-bond acceptors (Lipinski definition) is 4. The first kappa shape index (κ1) is 21.9. The van der Waals surface area contributed by atoms with Gasteiger partial charge >= 0.3 is 0 Å². The van der Waals surface area contributed by atoms with E-state index in [1.54, 1.807) is 23.3 Å². The first-order chi connectivity index (χ1) is 8.25. The summed E-state index contributed by atoms with van der Waals surface area (Å²) in [4.78, 5) is 18.2. The zero-order chi connectivity index (χ0) is 13.9. The predicted molar refractivity (Wildman–Crippen MR) is 90.3 cm³/mol. The Kier molecular flexibility index (Phi) is 9.67. The molecule has 1 unspecified atom stereocenters. The van der Waals surface area contributed by atoms with Crippen LogP contribution in [0.3, 0.4) is 0 Å². The lowest BCUT2D eigenvalue weighted by atomic mass is 9.98. The minimum atomic E-state index is 0. The third kappa shape index (κ3) is 5.95. The number of halogens is 2. The number of likely N-dealkylation sites (N-methyl/N-ethyl adjacent to an activating group) is 1. The van der Waals surface area contributed by atoms with E-state index in [2.05, 4.69) is 25.8 Å². The van der Waals surface area contributed by atoms with Crippen molar-refractivity contribution in [1.29, 1.82) is 0 Å². The van der Waals surface area contributed by atoms with Crippen LogP contribution in [-0.2, 0) is 16.6 Å². The van der Waals surface area contributed by atoms with Crippen molar-refractivity contribution in [2.75, 3.05) is 13.6 Å². The van der Waals surface area contributed by atoms with Crippen LogP contribution in [0, 0.1) is 0 Å². The highest BCUT2D eigenvalue weighted by Crippen LogP contribution is 2.25. The number of carbonyl (C=O) groups excluding carboxylic acids is 1. The number of thiazole rings is 1. The van der Waals surface area contributed by atoms with E-state index in [0.717, 1.165) is 10.7 Å². The topological polar surface area (TPSA) is 59.2 Å². The minimum Gasteiger partial charge on any atom is -0.341 e. The van der Waals surface area contributed by atoms with Crippen molar-refractivity contribution >= 4 is 42.1 Å². The van der Waals surface area contributed by atoms with Crippen LogP contribution in [0.25, 0.3) is 0 Å². The fourth-order valence-corrected chi connectivity index (χ4v) is 2.32. The molecule has 0 saturated carbocycles. The second kappa shape index (κ2) is 8.82. The first-order valence-electron chi connectivity index (χ1n) is 6.16. The monoisotopic (exact) mass is 341 g/mol. The molecule has 1 rings (SSSR count). The number of nitrogens with zero attached hydrogens (tertiary/aromatic N) is 2. The van der Waals surface area contributed by atoms with Gasteiger partial charge in [0.1, 0.15) is 0 Å². The average molecular weight is 342 g/mol. The summed E-state index contributed by atoms with van der Waals surface area (Å²) in [5.74, 6) is 0.0682. The van der Waals surface area contributed by atoms with E-state index in [4.69, 9.17) is 5.73 Å². The van der Waals surface area contributed by atoms with Gasteiger partial charge in [0.25, 0.3) is 0 Å². The van der Waals surface area contributed by atoms with Gasteiger partial charge in [0.15, 0.2) is 0 Å². The van der Waals surface area contributed by atoms with E-state index in [1.165, 1.54) is 0 Å². The number of amides is 1. The molecular formula is C13H25Cl2N3OS. The number of nitrogens with two attached hydrogens (primary N) is 1. The number of rotatable bonds is 4. The fraction of sp³-hybridized carbons (Fsp3) is 0.692. The molecule has 1 aromatic heterocycles. The molecule has 0 aliphatic rings. The van der Waals surface area contributed by atoms with Crippen molar-refractivity contribution in [3.05, 3.63) is 16.1 Å². The van der Waals surface area contributed by atoms with Crippen molar-refractivity contribution < 1.29 is 4.79 Å². The van der Waals surface area contributed by atoms with Gasteiger partial charge in [-0.3, -0.25) is 4.79 Å². The molecule has 20 heavy (non-hydrogen) atoms. The van der Waals surface area contributed by atoms with Crippen molar-refractivity contribution in [2.45, 2.75) is 45.6 Å². The third-order valence-electron chi connectivity index (χ3n) is 2.92. The molecule has 7 heteroatoms. The second-order valence-corrected chi connectivity index (χ2v) is 6.52. The molecule has 2 N–H and O–H groups in total. The molecule has 1 atom stereocenters. The SMILES string of the molecule is CC(CN)N(C)C(=O)Cc1csc(C(C)(C)C)n1.Cl.Cl. The highest BCUT2D eigenvalue weighted by atomic mass is 35.5. The van der Waals surface area contributed by atoms with Crippen LogP contribution in [-0.4, -0.2) is 35.4 Å². The molecule has 0 saturated heterocycles. The van der Waals surface area contributed by atoms with E-state index in [0.29, 0.717) is 13.0 Å². The lowest BCUT2D eigenvalue weighted by Crippen LogP contribution is -2.40. The molecule has 118 valence electrons. The number of carbonyl (C=O) groups is 1. The first-order valence-corrected chi connectivity index (χ1v) is 7.04. The molecule has 0 fully saturated rings. The van der Waals surface area contributed by atoms with E-state index in [-0.39, 0.29) is 42.2 Å². The van der Waals surface area contributed by atoms with Gasteiger partial charge in [-0.1, -0.05) is 20.8 Å². The molecule has 0 aliphatic carbocycles. The fourth-order valence-electron chi connectivity index (χ4n) is 1.42. The molecule has 1 aromatic rings. The maximum Gasteiger partial charge on any atom is 0.228 e. The lowest BCUT2D eigenvalue weighted by molar-refractivity contribution is -0.130. The normalized spacial score (nSPS) is 12.1. The Bertz CT molecular complexity index is 418. The van der Waals surface area contributed by atoms with E-state index in [1.807, 2.05) is 12.3 Å². The maximum absolute atomic E-state index is 12.0. The minimum absolute atomic E-state index is 0. The van der Waals surface area contributed by atoms with Gasteiger partial charge in [-0.05, 0) is 6.92 Å². The summed E-state index contributed by atoms with van der Waals surface area (Å²) in [6.07, 6.45) is 0.355. The molecule has 0 aliphatic heterocycles. The van der Waals surface area contributed by atoms with Crippen molar-refractivity contribution in [2.24, 2.45) is 5.73 Å². The summed E-state index contributed by atoms with van der Waals surface area (Å²) >= 11 is 1.62. The van der Waals surface area contributed by atoms with Gasteiger partial charge in [0, 0.05) is 30.4 Å². The van der Waals surface area contributed by atoms with Gasteiger partial charge in [0.2, 0.25) is 5.91 Å². The Morgan fingerprint density at radius 1 is 1.45 bits per heavy atom. The Morgan fingerprint density at radius 2 is 2.00 bits per heavy atom. The standard InChI is InChI=1S/C13H23N3OS.2ClH/c1-9(7-14)16(5)11(17)6-10-8-18-12(15-10)13(2,3)4;;/h8-9H,6-7,14H2,1-5H3;2*1H. The molecule has 1 amide bonds. The Balaban J connectivity index is 0. The highest BCUT2D eigenvalue weighted by molar-refractivity contribution is 7.09. The highest BCUT2D eigenvalue weighted by Gasteiger charge is 2.20. The molecule has 4 nitrogen and oxygen atoms in total. The zero-order valence-electron chi connectivity index (χ0n) is 12.7. The maximum atomic E-state index is 12.0. The van der Waals surface area contributed by atoms with Crippen molar-refractivity contribution in [3.8, 4) is 0 Å². The molecule has 0 aromatic carbocycles. The zero-order valence-corrected chi connectivity index (χ0v) is 15.1. The number of aromatic nitrogens is 1. The largest absolute Gasteiger partial charge is 0.341 e. The van der Waals surface area contributed by atoms with Crippen LogP contribution in [0.2, 0.25) is 0 Å². The van der Waals surface area contributed by atoms with E-state index < -0.39 is 0 Å². The summed E-state index contributed by atoms with van der Waals surface area (Å²) < 4.78 is 0. The molecule has 0 bridgehead atoms. The van der Waals surface area contributed by atoms with Gasteiger partial charge in [-0.15, -0.1) is 36.2 Å². The number of hydrogen-bond donors (Lipinski definition) is 1. The van der Waals surface area contributed by atoms with Gasteiger partial charge in [-0.25, -0.2) is 4.98 Å². The van der Waals surface area contributed by atoms with Crippen LogP contribution in [0.5, 0.6) is 0 Å². The van der Waals surface area contributed by atoms with E-state index >= 15 is 0 Å². The van der Waals surface area contributed by atoms with Gasteiger partial charge in [0.05, 0.1) is 17.1 Å². The van der Waals surface area contributed by atoms with Crippen LogP contribution in [0.4, 0.5) is 0 Å². The van der Waals surface area contributed by atoms with Crippen LogP contribution >= 0.6 is 36.2 Å². The summed E-state index contributed by atoms with van der Waals surface area (Å²) in [5.41, 5.74) is 6.45. The van der Waals surface area contributed by atoms with Crippen molar-refractivity contribution in [3.63, 3.8) is 0 Å².